The van der Waals surface area contributed by atoms with Crippen molar-refractivity contribution < 1.29 is 14.0 Å². The first-order chi connectivity index (χ1) is 9.09. The minimum Gasteiger partial charge on any atom is -0.368 e. The van der Waals surface area contributed by atoms with Crippen LogP contribution in [0, 0.1) is 5.95 Å². The van der Waals surface area contributed by atoms with Crippen molar-refractivity contribution in [1.29, 1.82) is 0 Å². The molecule has 6 heteroatoms. The Morgan fingerprint density at radius 3 is 2.68 bits per heavy atom. The van der Waals surface area contributed by atoms with Crippen LogP contribution in [-0.4, -0.2) is 34.3 Å². The van der Waals surface area contributed by atoms with Gasteiger partial charge in [-0.1, -0.05) is 12.8 Å². The SMILES string of the molecule is NC(=O)CN(C(=O)c1cccnc1F)C1CCCC1. The van der Waals surface area contributed by atoms with Crippen LogP contribution in [0.5, 0.6) is 0 Å². The standard InChI is InChI=1S/C13H16FN3O2/c14-12-10(6-3-7-16-12)13(19)17(8-11(15)18)9-4-1-2-5-9/h3,6-7,9H,1-2,4-5,8H2,(H2,15,18). The van der Waals surface area contributed by atoms with Crippen molar-refractivity contribution in [3.05, 3.63) is 29.8 Å². The van der Waals surface area contributed by atoms with Crippen LogP contribution in [0.1, 0.15) is 36.0 Å². The molecule has 0 aliphatic heterocycles. The summed E-state index contributed by atoms with van der Waals surface area (Å²) in [5.74, 6) is -1.93. The van der Waals surface area contributed by atoms with Crippen LogP contribution in [0.15, 0.2) is 18.3 Å². The van der Waals surface area contributed by atoms with Gasteiger partial charge in [0.1, 0.15) is 0 Å². The summed E-state index contributed by atoms with van der Waals surface area (Å²) < 4.78 is 13.5. The summed E-state index contributed by atoms with van der Waals surface area (Å²) in [4.78, 5) is 28.3. The third-order valence-electron chi connectivity index (χ3n) is 3.34. The highest BCUT2D eigenvalue weighted by atomic mass is 19.1. The number of carbonyl (C=O) groups excluding carboxylic acids is 2. The molecule has 1 aliphatic rings. The molecule has 1 fully saturated rings. The van der Waals surface area contributed by atoms with E-state index < -0.39 is 17.8 Å². The minimum atomic E-state index is -0.819. The quantitative estimate of drug-likeness (QED) is 0.828. The third kappa shape index (κ3) is 3.07. The van der Waals surface area contributed by atoms with Gasteiger partial charge < -0.3 is 10.6 Å². The highest BCUT2D eigenvalue weighted by Crippen LogP contribution is 2.25. The molecule has 1 aliphatic carbocycles. The second-order valence-electron chi connectivity index (χ2n) is 4.68. The second kappa shape index (κ2) is 5.77. The number of hydrogen-bond donors (Lipinski definition) is 1. The zero-order valence-corrected chi connectivity index (χ0v) is 10.5. The molecule has 5 nitrogen and oxygen atoms in total. The number of pyridine rings is 1. The lowest BCUT2D eigenvalue weighted by Crippen LogP contribution is -2.44. The molecule has 1 heterocycles. The summed E-state index contributed by atoms with van der Waals surface area (Å²) >= 11 is 0. The van der Waals surface area contributed by atoms with E-state index in [4.69, 9.17) is 5.73 Å². The third-order valence-corrected chi connectivity index (χ3v) is 3.34. The number of amides is 2. The van der Waals surface area contributed by atoms with Gasteiger partial charge in [-0.3, -0.25) is 9.59 Å². The van der Waals surface area contributed by atoms with Gasteiger partial charge in [-0.25, -0.2) is 4.98 Å². The van der Waals surface area contributed by atoms with Crippen molar-refractivity contribution in [2.45, 2.75) is 31.7 Å². The maximum Gasteiger partial charge on any atom is 0.259 e. The molecule has 0 bridgehead atoms. The maximum absolute atomic E-state index is 13.5. The summed E-state index contributed by atoms with van der Waals surface area (Å²) in [7, 11) is 0. The predicted octanol–water partition coefficient (Wildman–Crippen LogP) is 1.09. The number of carbonyl (C=O) groups is 2. The minimum absolute atomic E-state index is 0.0420. The summed E-state index contributed by atoms with van der Waals surface area (Å²) in [5.41, 5.74) is 5.06. The Bertz CT molecular complexity index is 487. The molecular formula is C13H16FN3O2. The zero-order valence-electron chi connectivity index (χ0n) is 10.5. The van der Waals surface area contributed by atoms with Crippen LogP contribution in [0.2, 0.25) is 0 Å². The van der Waals surface area contributed by atoms with E-state index >= 15 is 0 Å². The van der Waals surface area contributed by atoms with Crippen LogP contribution in [0.25, 0.3) is 0 Å². The van der Waals surface area contributed by atoms with E-state index in [-0.39, 0.29) is 18.2 Å². The van der Waals surface area contributed by atoms with E-state index in [1.165, 1.54) is 23.2 Å². The first kappa shape index (κ1) is 13.5. The fourth-order valence-corrected chi connectivity index (χ4v) is 2.45. The van der Waals surface area contributed by atoms with Gasteiger partial charge in [-0.2, -0.15) is 4.39 Å². The van der Waals surface area contributed by atoms with Gasteiger partial charge in [0, 0.05) is 12.2 Å². The van der Waals surface area contributed by atoms with E-state index in [9.17, 15) is 14.0 Å². The molecule has 0 aromatic carbocycles. The number of aromatic nitrogens is 1. The molecule has 0 radical (unpaired) electrons. The van der Waals surface area contributed by atoms with Gasteiger partial charge in [-0.15, -0.1) is 0 Å². The van der Waals surface area contributed by atoms with E-state index in [0.29, 0.717) is 0 Å². The lowest BCUT2D eigenvalue weighted by Gasteiger charge is -2.27. The number of halogens is 1. The van der Waals surface area contributed by atoms with Gasteiger partial charge in [0.15, 0.2) is 0 Å². The van der Waals surface area contributed by atoms with Crippen LogP contribution < -0.4 is 5.73 Å². The molecule has 102 valence electrons. The molecule has 0 saturated heterocycles. The summed E-state index contributed by atoms with van der Waals surface area (Å²) in [5, 5.41) is 0. The van der Waals surface area contributed by atoms with Gasteiger partial charge in [0.25, 0.3) is 5.91 Å². The number of nitrogens with two attached hydrogens (primary N) is 1. The Morgan fingerprint density at radius 2 is 2.11 bits per heavy atom. The van der Waals surface area contributed by atoms with Crippen molar-refractivity contribution in [2.24, 2.45) is 5.73 Å². The first-order valence-electron chi connectivity index (χ1n) is 6.29. The normalized spacial score (nSPS) is 15.4. The average Bonchev–Trinajstić information content (AvgIpc) is 2.89. The van der Waals surface area contributed by atoms with E-state index in [1.54, 1.807) is 0 Å². The number of rotatable bonds is 4. The van der Waals surface area contributed by atoms with Gasteiger partial charge >= 0.3 is 0 Å². The van der Waals surface area contributed by atoms with Crippen molar-refractivity contribution >= 4 is 11.8 Å². The van der Waals surface area contributed by atoms with E-state index in [1.807, 2.05) is 0 Å². The summed E-state index contributed by atoms with van der Waals surface area (Å²) in [6, 6.07) is 2.82. The van der Waals surface area contributed by atoms with Crippen molar-refractivity contribution in [3.8, 4) is 0 Å². The van der Waals surface area contributed by atoms with Gasteiger partial charge in [0.05, 0.1) is 12.1 Å². The maximum atomic E-state index is 13.5. The van der Waals surface area contributed by atoms with Crippen LogP contribution in [0.3, 0.4) is 0 Å². The zero-order chi connectivity index (χ0) is 13.8. The highest BCUT2D eigenvalue weighted by Gasteiger charge is 2.29. The number of primary amides is 1. The van der Waals surface area contributed by atoms with Crippen molar-refractivity contribution in [2.75, 3.05) is 6.54 Å². The number of hydrogen-bond acceptors (Lipinski definition) is 3. The molecule has 0 atom stereocenters. The smallest absolute Gasteiger partial charge is 0.259 e. The molecular weight excluding hydrogens is 249 g/mol. The Balaban J connectivity index is 2.24. The number of nitrogens with zero attached hydrogens (tertiary/aromatic N) is 2. The largest absolute Gasteiger partial charge is 0.368 e. The molecule has 0 spiro atoms. The van der Waals surface area contributed by atoms with Crippen LogP contribution in [0.4, 0.5) is 4.39 Å². The predicted molar refractivity (Wildman–Crippen MR) is 66.7 cm³/mol. The van der Waals surface area contributed by atoms with Crippen LogP contribution >= 0.6 is 0 Å². The molecule has 2 rings (SSSR count). The van der Waals surface area contributed by atoms with E-state index in [2.05, 4.69) is 4.98 Å². The van der Waals surface area contributed by atoms with E-state index in [0.717, 1.165) is 25.7 Å². The first-order valence-corrected chi connectivity index (χ1v) is 6.29. The summed E-state index contributed by atoms with van der Waals surface area (Å²) in [6.45, 7) is -0.183. The Kier molecular flexibility index (Phi) is 4.09. The van der Waals surface area contributed by atoms with Gasteiger partial charge in [-0.05, 0) is 25.0 Å². The van der Waals surface area contributed by atoms with Gasteiger partial charge in [0.2, 0.25) is 11.9 Å². The Labute approximate surface area is 110 Å². The van der Waals surface area contributed by atoms with Crippen molar-refractivity contribution in [1.82, 2.24) is 9.88 Å². The molecule has 1 aromatic rings. The fraction of sp³-hybridized carbons (Fsp3) is 0.462. The molecule has 1 saturated carbocycles. The molecule has 2 N–H and O–H groups in total. The van der Waals surface area contributed by atoms with Crippen LogP contribution in [-0.2, 0) is 4.79 Å². The highest BCUT2D eigenvalue weighted by molar-refractivity contribution is 5.96. The lowest BCUT2D eigenvalue weighted by atomic mass is 10.1. The monoisotopic (exact) mass is 265 g/mol. The topological polar surface area (TPSA) is 76.3 Å². The second-order valence-corrected chi connectivity index (χ2v) is 4.68. The molecule has 19 heavy (non-hydrogen) atoms. The summed E-state index contributed by atoms with van der Waals surface area (Å²) in [6.07, 6.45) is 4.92. The Morgan fingerprint density at radius 1 is 1.42 bits per heavy atom. The molecule has 1 aromatic heterocycles. The Hall–Kier alpha value is -1.98. The fourth-order valence-electron chi connectivity index (χ4n) is 2.45. The molecule has 0 unspecified atom stereocenters. The average molecular weight is 265 g/mol. The molecule has 2 amide bonds. The van der Waals surface area contributed by atoms with Crippen molar-refractivity contribution in [3.63, 3.8) is 0 Å². The lowest BCUT2D eigenvalue weighted by molar-refractivity contribution is -0.119.